The number of nitrogens with two attached hydrogens (primary N) is 1. The molecule has 1 heterocycles. The number of carbonyl (C=O) groups excluding carboxylic acids is 3. The quantitative estimate of drug-likeness (QED) is 0.411. The molecular weight excluding hydrogens is 364 g/mol. The molecule has 0 aromatic carbocycles. The first-order valence-electron chi connectivity index (χ1n) is 9.94. The van der Waals surface area contributed by atoms with Gasteiger partial charge in [0.2, 0.25) is 17.7 Å². The predicted molar refractivity (Wildman–Crippen MR) is 104 cm³/mol. The van der Waals surface area contributed by atoms with Gasteiger partial charge in [-0.15, -0.1) is 0 Å². The van der Waals surface area contributed by atoms with Gasteiger partial charge in [0.05, 0.1) is 6.04 Å². The smallest absolute Gasteiger partial charge is 0.322 e. The van der Waals surface area contributed by atoms with E-state index in [4.69, 9.17) is 10.8 Å². The van der Waals surface area contributed by atoms with Crippen molar-refractivity contribution in [2.45, 2.75) is 71.5 Å². The number of amides is 3. The number of carboxylic acids is 1. The highest BCUT2D eigenvalue weighted by Crippen LogP contribution is 2.20. The summed E-state index contributed by atoms with van der Waals surface area (Å²) in [5.41, 5.74) is 6.00. The van der Waals surface area contributed by atoms with Crippen LogP contribution >= 0.6 is 0 Å². The van der Waals surface area contributed by atoms with Gasteiger partial charge < -0.3 is 26.4 Å². The molecule has 28 heavy (non-hydrogen) atoms. The van der Waals surface area contributed by atoms with Crippen LogP contribution in [0.1, 0.15) is 53.4 Å². The molecule has 0 spiro atoms. The van der Waals surface area contributed by atoms with E-state index < -0.39 is 42.5 Å². The Bertz CT molecular complexity index is 581. The van der Waals surface area contributed by atoms with Crippen molar-refractivity contribution in [1.82, 2.24) is 15.5 Å². The van der Waals surface area contributed by atoms with E-state index in [0.717, 1.165) is 0 Å². The number of likely N-dealkylation sites (tertiary alicyclic amines) is 1. The maximum absolute atomic E-state index is 12.8. The standard InChI is InChI=1S/C19H34N4O5/c1-5-12(4)16(18(27)21-10-15(24)25)22-17(26)14-7-6-8-23(14)19(28)13(20)9-11(2)3/h11-14,16H,5-10,20H2,1-4H3,(H,21,27)(H,22,26)(H,24,25). The Labute approximate surface area is 166 Å². The normalized spacial score (nSPS) is 19.8. The van der Waals surface area contributed by atoms with Crippen LogP contribution in [0.3, 0.4) is 0 Å². The van der Waals surface area contributed by atoms with E-state index in [1.807, 2.05) is 20.8 Å². The van der Waals surface area contributed by atoms with Gasteiger partial charge in [-0.1, -0.05) is 34.1 Å². The van der Waals surface area contributed by atoms with Gasteiger partial charge in [0, 0.05) is 6.54 Å². The van der Waals surface area contributed by atoms with Gasteiger partial charge in [0.15, 0.2) is 0 Å². The Morgan fingerprint density at radius 1 is 1.21 bits per heavy atom. The maximum Gasteiger partial charge on any atom is 0.322 e. The molecule has 0 saturated carbocycles. The van der Waals surface area contributed by atoms with Gasteiger partial charge in [0.25, 0.3) is 0 Å². The molecule has 5 N–H and O–H groups in total. The van der Waals surface area contributed by atoms with Crippen LogP contribution in [-0.4, -0.2) is 64.9 Å². The molecule has 0 aromatic heterocycles. The molecule has 160 valence electrons. The van der Waals surface area contributed by atoms with E-state index in [9.17, 15) is 19.2 Å². The average Bonchev–Trinajstić information content (AvgIpc) is 3.11. The lowest BCUT2D eigenvalue weighted by Gasteiger charge is -2.30. The van der Waals surface area contributed by atoms with Gasteiger partial charge in [-0.3, -0.25) is 19.2 Å². The third-order valence-corrected chi connectivity index (χ3v) is 5.09. The van der Waals surface area contributed by atoms with Crippen LogP contribution in [0, 0.1) is 11.8 Å². The maximum atomic E-state index is 12.8. The van der Waals surface area contributed by atoms with Gasteiger partial charge in [-0.25, -0.2) is 0 Å². The average molecular weight is 399 g/mol. The Morgan fingerprint density at radius 2 is 1.86 bits per heavy atom. The molecule has 9 nitrogen and oxygen atoms in total. The summed E-state index contributed by atoms with van der Waals surface area (Å²) in [6.07, 6.45) is 2.36. The minimum absolute atomic E-state index is 0.188. The van der Waals surface area contributed by atoms with Crippen molar-refractivity contribution in [3.63, 3.8) is 0 Å². The summed E-state index contributed by atoms with van der Waals surface area (Å²) < 4.78 is 0. The number of rotatable bonds is 10. The van der Waals surface area contributed by atoms with E-state index in [2.05, 4.69) is 10.6 Å². The number of carboxylic acid groups (broad SMARTS) is 1. The first kappa shape index (κ1) is 23.9. The Morgan fingerprint density at radius 3 is 2.39 bits per heavy atom. The number of aliphatic carboxylic acids is 1. The molecule has 0 aromatic rings. The lowest BCUT2D eigenvalue weighted by Crippen LogP contribution is -2.57. The summed E-state index contributed by atoms with van der Waals surface area (Å²) in [6.45, 7) is 7.59. The predicted octanol–water partition coefficient (Wildman–Crippen LogP) is 0.0825. The molecule has 0 bridgehead atoms. The Balaban J connectivity index is 2.83. The molecule has 1 saturated heterocycles. The highest BCUT2D eigenvalue weighted by molar-refractivity contribution is 5.94. The number of hydrogen-bond donors (Lipinski definition) is 4. The molecule has 1 rings (SSSR count). The minimum atomic E-state index is -1.16. The van der Waals surface area contributed by atoms with Crippen LogP contribution in [0.4, 0.5) is 0 Å². The monoisotopic (exact) mass is 398 g/mol. The highest BCUT2D eigenvalue weighted by Gasteiger charge is 2.38. The van der Waals surface area contributed by atoms with Crippen molar-refractivity contribution in [2.24, 2.45) is 17.6 Å². The largest absolute Gasteiger partial charge is 0.480 e. The minimum Gasteiger partial charge on any atom is -0.480 e. The van der Waals surface area contributed by atoms with E-state index >= 15 is 0 Å². The SMILES string of the molecule is CCC(C)C(NC(=O)C1CCCN1C(=O)C(N)CC(C)C)C(=O)NCC(=O)O. The zero-order valence-corrected chi connectivity index (χ0v) is 17.2. The van der Waals surface area contributed by atoms with Crippen LogP contribution in [0.15, 0.2) is 0 Å². The van der Waals surface area contributed by atoms with E-state index in [1.54, 1.807) is 6.92 Å². The second-order valence-electron chi connectivity index (χ2n) is 7.91. The number of carbonyl (C=O) groups is 4. The van der Waals surface area contributed by atoms with Gasteiger partial charge in [-0.2, -0.15) is 0 Å². The third-order valence-electron chi connectivity index (χ3n) is 5.09. The summed E-state index contributed by atoms with van der Waals surface area (Å²) in [4.78, 5) is 50.1. The number of hydrogen-bond acceptors (Lipinski definition) is 5. The lowest BCUT2D eigenvalue weighted by molar-refractivity contribution is -0.141. The van der Waals surface area contributed by atoms with Crippen LogP contribution in [-0.2, 0) is 19.2 Å². The van der Waals surface area contributed by atoms with E-state index in [1.165, 1.54) is 4.90 Å². The van der Waals surface area contributed by atoms with Crippen LogP contribution in [0.2, 0.25) is 0 Å². The number of nitrogens with one attached hydrogen (secondary N) is 2. The molecule has 0 radical (unpaired) electrons. The van der Waals surface area contributed by atoms with E-state index in [0.29, 0.717) is 32.2 Å². The fraction of sp³-hybridized carbons (Fsp3) is 0.789. The summed E-state index contributed by atoms with van der Waals surface area (Å²) in [5.74, 6) is -2.28. The molecule has 0 aliphatic carbocycles. The van der Waals surface area contributed by atoms with Crippen molar-refractivity contribution in [3.8, 4) is 0 Å². The fourth-order valence-electron chi connectivity index (χ4n) is 3.35. The molecule has 4 atom stereocenters. The van der Waals surface area contributed by atoms with Gasteiger partial charge >= 0.3 is 5.97 Å². The second kappa shape index (κ2) is 11.0. The van der Waals surface area contributed by atoms with Crippen LogP contribution in [0.5, 0.6) is 0 Å². The van der Waals surface area contributed by atoms with E-state index in [-0.39, 0.29) is 17.7 Å². The lowest BCUT2D eigenvalue weighted by atomic mass is 9.97. The molecule has 9 heteroatoms. The molecule has 1 aliphatic heterocycles. The van der Waals surface area contributed by atoms with Gasteiger partial charge in [0.1, 0.15) is 18.6 Å². The van der Waals surface area contributed by atoms with Crippen molar-refractivity contribution in [1.29, 1.82) is 0 Å². The van der Waals surface area contributed by atoms with Crippen molar-refractivity contribution in [2.75, 3.05) is 13.1 Å². The van der Waals surface area contributed by atoms with Crippen molar-refractivity contribution >= 4 is 23.7 Å². The summed E-state index contributed by atoms with van der Waals surface area (Å²) in [7, 11) is 0. The zero-order chi connectivity index (χ0) is 21.4. The topological polar surface area (TPSA) is 142 Å². The first-order chi connectivity index (χ1) is 13.1. The summed E-state index contributed by atoms with van der Waals surface area (Å²) in [5, 5.41) is 13.8. The van der Waals surface area contributed by atoms with Crippen LogP contribution in [0.25, 0.3) is 0 Å². The second-order valence-corrected chi connectivity index (χ2v) is 7.91. The molecular formula is C19H34N4O5. The highest BCUT2D eigenvalue weighted by atomic mass is 16.4. The number of nitrogens with zero attached hydrogens (tertiary/aromatic N) is 1. The Kier molecular flexibility index (Phi) is 9.37. The van der Waals surface area contributed by atoms with Crippen molar-refractivity contribution < 1.29 is 24.3 Å². The van der Waals surface area contributed by atoms with Crippen LogP contribution < -0.4 is 16.4 Å². The van der Waals surface area contributed by atoms with Gasteiger partial charge in [-0.05, 0) is 31.1 Å². The van der Waals surface area contributed by atoms with Crippen molar-refractivity contribution in [3.05, 3.63) is 0 Å². The zero-order valence-electron chi connectivity index (χ0n) is 17.2. The molecule has 1 fully saturated rings. The third kappa shape index (κ3) is 6.78. The molecule has 4 unspecified atom stereocenters. The molecule has 1 aliphatic rings. The molecule has 3 amide bonds. The first-order valence-corrected chi connectivity index (χ1v) is 9.94. The fourth-order valence-corrected chi connectivity index (χ4v) is 3.35. The summed E-state index contributed by atoms with van der Waals surface area (Å²) in [6, 6.07) is -2.18. The summed E-state index contributed by atoms with van der Waals surface area (Å²) >= 11 is 0. The Hall–Kier alpha value is -2.16.